The lowest BCUT2D eigenvalue weighted by atomic mass is 10.1. The van der Waals surface area contributed by atoms with Gasteiger partial charge in [-0.1, -0.05) is 25.1 Å². The molecule has 0 spiro atoms. The Morgan fingerprint density at radius 2 is 2.10 bits per heavy atom. The normalized spacial score (nSPS) is 12.9. The molecule has 2 aromatic heterocycles. The molecule has 0 aliphatic rings. The van der Waals surface area contributed by atoms with Crippen molar-refractivity contribution in [3.8, 4) is 0 Å². The van der Waals surface area contributed by atoms with Gasteiger partial charge in [0.25, 0.3) is 0 Å². The summed E-state index contributed by atoms with van der Waals surface area (Å²) in [6, 6.07) is 8.31. The standard InChI is InChI=1S/C16H21N5/c1-4-10-21-11-9-18-16(21)15(17-2)14-12-7-5-6-8-13(12)20(3)19-14/h5-9,11,15,17H,4,10H2,1-3H3. The number of aryl methyl sites for hydroxylation is 2. The fraction of sp³-hybridized carbons (Fsp3) is 0.375. The van der Waals surface area contributed by atoms with Crippen LogP contribution < -0.4 is 5.32 Å². The van der Waals surface area contributed by atoms with Gasteiger partial charge in [0.1, 0.15) is 11.9 Å². The summed E-state index contributed by atoms with van der Waals surface area (Å²) < 4.78 is 4.13. The van der Waals surface area contributed by atoms with E-state index in [1.807, 2.05) is 37.2 Å². The van der Waals surface area contributed by atoms with Crippen molar-refractivity contribution < 1.29 is 0 Å². The molecule has 110 valence electrons. The van der Waals surface area contributed by atoms with Crippen LogP contribution >= 0.6 is 0 Å². The zero-order valence-corrected chi connectivity index (χ0v) is 12.7. The first kappa shape index (κ1) is 13.8. The topological polar surface area (TPSA) is 47.7 Å². The van der Waals surface area contributed by atoms with E-state index < -0.39 is 0 Å². The number of imidazole rings is 1. The first-order valence-electron chi connectivity index (χ1n) is 7.36. The first-order chi connectivity index (χ1) is 10.3. The van der Waals surface area contributed by atoms with Gasteiger partial charge in [-0.15, -0.1) is 0 Å². The molecule has 2 heterocycles. The number of nitrogens with one attached hydrogen (secondary N) is 1. The number of rotatable bonds is 5. The highest BCUT2D eigenvalue weighted by atomic mass is 15.3. The Morgan fingerprint density at radius 1 is 1.29 bits per heavy atom. The summed E-state index contributed by atoms with van der Waals surface area (Å²) in [6.07, 6.45) is 4.98. The van der Waals surface area contributed by atoms with E-state index in [2.05, 4.69) is 40.0 Å². The van der Waals surface area contributed by atoms with Crippen LogP contribution in [0.3, 0.4) is 0 Å². The van der Waals surface area contributed by atoms with Gasteiger partial charge < -0.3 is 9.88 Å². The number of hydrogen-bond donors (Lipinski definition) is 1. The highest BCUT2D eigenvalue weighted by Gasteiger charge is 2.22. The molecule has 0 amide bonds. The molecule has 0 bridgehead atoms. The van der Waals surface area contributed by atoms with E-state index in [0.29, 0.717) is 0 Å². The molecule has 1 unspecified atom stereocenters. The number of fused-ring (bicyclic) bond motifs is 1. The van der Waals surface area contributed by atoms with Gasteiger partial charge in [0, 0.05) is 31.4 Å². The van der Waals surface area contributed by atoms with Crippen molar-refractivity contribution in [3.63, 3.8) is 0 Å². The molecule has 0 aliphatic carbocycles. The summed E-state index contributed by atoms with van der Waals surface area (Å²) in [5, 5.41) is 9.26. The zero-order valence-electron chi connectivity index (χ0n) is 12.7. The second kappa shape index (κ2) is 5.69. The highest BCUT2D eigenvalue weighted by molar-refractivity contribution is 5.82. The third kappa shape index (κ3) is 2.34. The average molecular weight is 283 g/mol. The third-order valence-corrected chi connectivity index (χ3v) is 3.82. The first-order valence-corrected chi connectivity index (χ1v) is 7.36. The van der Waals surface area contributed by atoms with Crippen molar-refractivity contribution >= 4 is 10.9 Å². The van der Waals surface area contributed by atoms with Crippen molar-refractivity contribution in [2.24, 2.45) is 7.05 Å². The minimum absolute atomic E-state index is 0.00218. The Kier molecular flexibility index (Phi) is 3.75. The Bertz CT molecular complexity index is 740. The molecule has 5 heteroatoms. The van der Waals surface area contributed by atoms with E-state index in [-0.39, 0.29) is 6.04 Å². The van der Waals surface area contributed by atoms with Crippen LogP contribution in [-0.2, 0) is 13.6 Å². The molecule has 0 aliphatic heterocycles. The maximum atomic E-state index is 4.72. The fourth-order valence-electron chi connectivity index (χ4n) is 2.85. The van der Waals surface area contributed by atoms with E-state index in [0.717, 1.165) is 30.0 Å². The lowest BCUT2D eigenvalue weighted by Gasteiger charge is -2.16. The molecule has 0 saturated carbocycles. The van der Waals surface area contributed by atoms with Crippen LogP contribution in [0.5, 0.6) is 0 Å². The van der Waals surface area contributed by atoms with Crippen molar-refractivity contribution in [3.05, 3.63) is 48.2 Å². The maximum absolute atomic E-state index is 4.72. The molecule has 0 radical (unpaired) electrons. The van der Waals surface area contributed by atoms with Gasteiger partial charge in [-0.2, -0.15) is 5.10 Å². The summed E-state index contributed by atoms with van der Waals surface area (Å²) in [5.74, 6) is 1.02. The van der Waals surface area contributed by atoms with E-state index in [9.17, 15) is 0 Å². The molecule has 1 N–H and O–H groups in total. The molecule has 3 rings (SSSR count). The van der Waals surface area contributed by atoms with Gasteiger partial charge in [0.05, 0.1) is 11.2 Å². The maximum Gasteiger partial charge on any atom is 0.132 e. The van der Waals surface area contributed by atoms with Crippen molar-refractivity contribution in [2.45, 2.75) is 25.9 Å². The second-order valence-corrected chi connectivity index (χ2v) is 5.23. The second-order valence-electron chi connectivity index (χ2n) is 5.23. The van der Waals surface area contributed by atoms with Crippen molar-refractivity contribution in [2.75, 3.05) is 7.05 Å². The Morgan fingerprint density at radius 3 is 2.86 bits per heavy atom. The van der Waals surface area contributed by atoms with E-state index in [4.69, 9.17) is 5.10 Å². The van der Waals surface area contributed by atoms with Crippen LogP contribution in [0.1, 0.15) is 30.9 Å². The van der Waals surface area contributed by atoms with Crippen LogP contribution in [0.15, 0.2) is 36.7 Å². The summed E-state index contributed by atoms with van der Waals surface area (Å²) >= 11 is 0. The number of nitrogens with zero attached hydrogens (tertiary/aromatic N) is 4. The largest absolute Gasteiger partial charge is 0.333 e. The monoisotopic (exact) mass is 283 g/mol. The molecule has 21 heavy (non-hydrogen) atoms. The van der Waals surface area contributed by atoms with Crippen LogP contribution in [-0.4, -0.2) is 26.4 Å². The van der Waals surface area contributed by atoms with Crippen LogP contribution in [0, 0.1) is 0 Å². The van der Waals surface area contributed by atoms with E-state index in [1.165, 1.54) is 5.39 Å². The summed E-state index contributed by atoms with van der Waals surface area (Å²) in [5.41, 5.74) is 2.17. The Hall–Kier alpha value is -2.14. The number of para-hydroxylation sites is 1. The smallest absolute Gasteiger partial charge is 0.132 e. The SMILES string of the molecule is CCCn1ccnc1C(NC)c1nn(C)c2ccccc12. The fourth-order valence-corrected chi connectivity index (χ4v) is 2.85. The lowest BCUT2D eigenvalue weighted by molar-refractivity contribution is 0.555. The summed E-state index contributed by atoms with van der Waals surface area (Å²) in [6.45, 7) is 3.15. The molecule has 0 fully saturated rings. The molecule has 0 saturated heterocycles. The van der Waals surface area contributed by atoms with E-state index in [1.54, 1.807) is 0 Å². The Labute approximate surface area is 124 Å². The molecular formula is C16H21N5. The van der Waals surface area contributed by atoms with Gasteiger partial charge in [-0.05, 0) is 19.5 Å². The van der Waals surface area contributed by atoms with Gasteiger partial charge in [0.2, 0.25) is 0 Å². The molecule has 1 atom stereocenters. The summed E-state index contributed by atoms with van der Waals surface area (Å²) in [7, 11) is 3.94. The van der Waals surface area contributed by atoms with Gasteiger partial charge >= 0.3 is 0 Å². The molecule has 5 nitrogen and oxygen atoms in total. The highest BCUT2D eigenvalue weighted by Crippen LogP contribution is 2.27. The van der Waals surface area contributed by atoms with Gasteiger partial charge in [0.15, 0.2) is 0 Å². The van der Waals surface area contributed by atoms with Crippen LogP contribution in [0.2, 0.25) is 0 Å². The lowest BCUT2D eigenvalue weighted by Crippen LogP contribution is -2.23. The third-order valence-electron chi connectivity index (χ3n) is 3.82. The zero-order chi connectivity index (χ0) is 14.8. The van der Waals surface area contributed by atoms with Crippen molar-refractivity contribution in [1.82, 2.24) is 24.6 Å². The summed E-state index contributed by atoms with van der Waals surface area (Å²) in [4.78, 5) is 4.55. The molecular weight excluding hydrogens is 262 g/mol. The number of benzene rings is 1. The van der Waals surface area contributed by atoms with Gasteiger partial charge in [-0.3, -0.25) is 4.68 Å². The van der Waals surface area contributed by atoms with Crippen LogP contribution in [0.25, 0.3) is 10.9 Å². The minimum atomic E-state index is -0.00218. The number of aromatic nitrogens is 4. The quantitative estimate of drug-likeness (QED) is 0.782. The van der Waals surface area contributed by atoms with E-state index >= 15 is 0 Å². The molecule has 3 aromatic rings. The average Bonchev–Trinajstić information content (AvgIpc) is 3.08. The predicted octanol–water partition coefficient (Wildman–Crippen LogP) is 2.49. The Balaban J connectivity index is 2.12. The van der Waals surface area contributed by atoms with Gasteiger partial charge in [-0.25, -0.2) is 4.98 Å². The minimum Gasteiger partial charge on any atom is -0.333 e. The predicted molar refractivity (Wildman–Crippen MR) is 84.1 cm³/mol. The number of hydrogen-bond acceptors (Lipinski definition) is 3. The van der Waals surface area contributed by atoms with Crippen LogP contribution in [0.4, 0.5) is 0 Å². The van der Waals surface area contributed by atoms with Crippen molar-refractivity contribution in [1.29, 1.82) is 0 Å². The molecule has 1 aromatic carbocycles.